The van der Waals surface area contributed by atoms with Crippen LogP contribution in [0.5, 0.6) is 0 Å². The van der Waals surface area contributed by atoms with E-state index in [1.165, 1.54) is 5.56 Å². The molecule has 0 saturated carbocycles. The summed E-state index contributed by atoms with van der Waals surface area (Å²) >= 11 is 6.32. The highest BCUT2D eigenvalue weighted by atomic mass is 35.5. The lowest BCUT2D eigenvalue weighted by Crippen LogP contribution is -2.06. The van der Waals surface area contributed by atoms with Crippen molar-refractivity contribution < 1.29 is 4.84 Å². The number of nitrogens with zero attached hydrogens (tertiary/aromatic N) is 2. The number of rotatable bonds is 6. The maximum absolute atomic E-state index is 6.32. The molecule has 1 heterocycles. The van der Waals surface area contributed by atoms with Crippen LogP contribution in [0, 0.1) is 0 Å². The molecule has 0 N–H and O–H groups in total. The van der Waals surface area contributed by atoms with Crippen LogP contribution in [0.3, 0.4) is 0 Å². The Morgan fingerprint density at radius 1 is 0.958 bits per heavy atom. The van der Waals surface area contributed by atoms with Crippen LogP contribution in [-0.4, -0.2) is 17.3 Å². The van der Waals surface area contributed by atoms with Crippen molar-refractivity contribution >= 4 is 17.3 Å². The van der Waals surface area contributed by atoms with Gasteiger partial charge < -0.3 is 4.84 Å². The second kappa shape index (κ2) is 8.27. The molecule has 0 aliphatic heterocycles. The van der Waals surface area contributed by atoms with Gasteiger partial charge in [-0.15, -0.1) is 0 Å². The van der Waals surface area contributed by atoms with Crippen molar-refractivity contribution in [2.24, 2.45) is 5.16 Å². The van der Waals surface area contributed by atoms with E-state index in [0.717, 1.165) is 17.5 Å². The van der Waals surface area contributed by atoms with Crippen LogP contribution >= 0.6 is 11.6 Å². The summed E-state index contributed by atoms with van der Waals surface area (Å²) in [6.07, 6.45) is 4.28. The highest BCUT2D eigenvalue weighted by Crippen LogP contribution is 2.19. The van der Waals surface area contributed by atoms with Crippen molar-refractivity contribution in [3.8, 4) is 0 Å². The van der Waals surface area contributed by atoms with E-state index in [9.17, 15) is 0 Å². The van der Waals surface area contributed by atoms with Crippen molar-refractivity contribution in [3.05, 3.63) is 101 Å². The SMILES string of the molecule is Clc1ccccc1C(=NOCCc1ccccc1)c1cccnc1. The molecule has 3 nitrogen and oxygen atoms in total. The van der Waals surface area contributed by atoms with Gasteiger partial charge in [-0.05, 0) is 23.8 Å². The van der Waals surface area contributed by atoms with Gasteiger partial charge in [-0.3, -0.25) is 4.98 Å². The predicted molar refractivity (Wildman–Crippen MR) is 97.4 cm³/mol. The lowest BCUT2D eigenvalue weighted by Gasteiger charge is -2.09. The van der Waals surface area contributed by atoms with Gasteiger partial charge in [0.05, 0.1) is 5.02 Å². The molecule has 2 aromatic carbocycles. The van der Waals surface area contributed by atoms with Crippen LogP contribution in [0.25, 0.3) is 0 Å². The molecule has 0 bridgehead atoms. The van der Waals surface area contributed by atoms with E-state index in [-0.39, 0.29) is 0 Å². The number of hydrogen-bond donors (Lipinski definition) is 0. The molecule has 24 heavy (non-hydrogen) atoms. The highest BCUT2D eigenvalue weighted by molar-refractivity contribution is 6.35. The molecule has 0 radical (unpaired) electrons. The van der Waals surface area contributed by atoms with E-state index in [0.29, 0.717) is 17.3 Å². The summed E-state index contributed by atoms with van der Waals surface area (Å²) in [4.78, 5) is 9.72. The fourth-order valence-electron chi connectivity index (χ4n) is 2.33. The minimum Gasteiger partial charge on any atom is -0.395 e. The van der Waals surface area contributed by atoms with E-state index in [1.807, 2.05) is 54.6 Å². The van der Waals surface area contributed by atoms with Crippen LogP contribution < -0.4 is 0 Å². The lowest BCUT2D eigenvalue weighted by molar-refractivity contribution is 0.148. The second-order valence-corrected chi connectivity index (χ2v) is 5.64. The first-order valence-electron chi connectivity index (χ1n) is 7.74. The summed E-state index contributed by atoms with van der Waals surface area (Å²) in [6.45, 7) is 0.498. The normalized spacial score (nSPS) is 11.3. The van der Waals surface area contributed by atoms with Gasteiger partial charge in [0.15, 0.2) is 0 Å². The maximum atomic E-state index is 6.32. The number of hydrogen-bond acceptors (Lipinski definition) is 3. The fraction of sp³-hybridized carbons (Fsp3) is 0.100. The Morgan fingerprint density at radius 3 is 2.50 bits per heavy atom. The number of halogens is 1. The zero-order valence-corrected chi connectivity index (χ0v) is 13.9. The van der Waals surface area contributed by atoms with Gasteiger partial charge in [0, 0.05) is 29.9 Å². The van der Waals surface area contributed by atoms with Crippen molar-refractivity contribution in [2.45, 2.75) is 6.42 Å². The van der Waals surface area contributed by atoms with Gasteiger partial charge in [0.1, 0.15) is 12.3 Å². The largest absolute Gasteiger partial charge is 0.395 e. The quantitative estimate of drug-likeness (QED) is 0.370. The topological polar surface area (TPSA) is 34.5 Å². The number of benzene rings is 2. The standard InChI is InChI=1S/C20H17ClN2O/c21-19-11-5-4-10-18(19)20(17-9-6-13-22-15-17)23-24-14-12-16-7-2-1-3-8-16/h1-11,13,15H,12,14H2. The van der Waals surface area contributed by atoms with Gasteiger partial charge in [0.25, 0.3) is 0 Å². The third kappa shape index (κ3) is 4.21. The number of aromatic nitrogens is 1. The third-order valence-corrected chi connectivity index (χ3v) is 3.87. The minimum atomic E-state index is 0.498. The molecule has 0 fully saturated rings. The molecule has 0 aliphatic carbocycles. The molecule has 120 valence electrons. The summed E-state index contributed by atoms with van der Waals surface area (Å²) in [7, 11) is 0. The molecule has 0 atom stereocenters. The van der Waals surface area contributed by atoms with Crippen molar-refractivity contribution in [2.75, 3.05) is 6.61 Å². The minimum absolute atomic E-state index is 0.498. The molecule has 3 rings (SSSR count). The molecule has 0 amide bonds. The first kappa shape index (κ1) is 16.2. The van der Waals surface area contributed by atoms with Gasteiger partial charge >= 0.3 is 0 Å². The molecule has 3 aromatic rings. The Kier molecular flexibility index (Phi) is 5.59. The molecule has 0 spiro atoms. The summed E-state index contributed by atoms with van der Waals surface area (Å²) in [5.74, 6) is 0. The molecule has 0 unspecified atom stereocenters. The summed E-state index contributed by atoms with van der Waals surface area (Å²) in [5, 5.41) is 4.96. The highest BCUT2D eigenvalue weighted by Gasteiger charge is 2.11. The van der Waals surface area contributed by atoms with Crippen LogP contribution in [0.15, 0.2) is 84.3 Å². The number of pyridine rings is 1. The second-order valence-electron chi connectivity index (χ2n) is 5.23. The monoisotopic (exact) mass is 336 g/mol. The van der Waals surface area contributed by atoms with E-state index in [1.54, 1.807) is 12.4 Å². The van der Waals surface area contributed by atoms with Crippen LogP contribution in [0.4, 0.5) is 0 Å². The third-order valence-electron chi connectivity index (χ3n) is 3.54. The summed E-state index contributed by atoms with van der Waals surface area (Å²) in [5.41, 5.74) is 3.59. The molecule has 4 heteroatoms. The zero-order valence-electron chi connectivity index (χ0n) is 13.1. The van der Waals surface area contributed by atoms with Crippen LogP contribution in [0.1, 0.15) is 16.7 Å². The van der Waals surface area contributed by atoms with E-state index in [4.69, 9.17) is 16.4 Å². The Balaban J connectivity index is 1.79. The smallest absolute Gasteiger partial charge is 0.121 e. The van der Waals surface area contributed by atoms with Gasteiger partial charge in [0.2, 0.25) is 0 Å². The Morgan fingerprint density at radius 2 is 1.75 bits per heavy atom. The predicted octanol–water partition coefficient (Wildman–Crippen LogP) is 4.75. The molecular weight excluding hydrogens is 320 g/mol. The summed E-state index contributed by atoms with van der Waals surface area (Å²) < 4.78 is 0. The van der Waals surface area contributed by atoms with Crippen LogP contribution in [0.2, 0.25) is 5.02 Å². The van der Waals surface area contributed by atoms with E-state index in [2.05, 4.69) is 22.3 Å². The average molecular weight is 337 g/mol. The van der Waals surface area contributed by atoms with Gasteiger partial charge in [-0.1, -0.05) is 65.3 Å². The molecule has 1 aromatic heterocycles. The molecular formula is C20H17ClN2O. The van der Waals surface area contributed by atoms with Crippen molar-refractivity contribution in [1.29, 1.82) is 0 Å². The van der Waals surface area contributed by atoms with Crippen molar-refractivity contribution in [1.82, 2.24) is 4.98 Å². The van der Waals surface area contributed by atoms with Crippen molar-refractivity contribution in [3.63, 3.8) is 0 Å². The first-order valence-corrected chi connectivity index (χ1v) is 8.11. The Labute approximate surface area is 146 Å². The average Bonchev–Trinajstić information content (AvgIpc) is 2.64. The first-order chi connectivity index (χ1) is 11.8. The number of oxime groups is 1. The van der Waals surface area contributed by atoms with E-state index < -0.39 is 0 Å². The van der Waals surface area contributed by atoms with Crippen LogP contribution in [-0.2, 0) is 11.3 Å². The Bertz CT molecular complexity index is 804. The lowest BCUT2D eigenvalue weighted by atomic mass is 10.0. The fourth-order valence-corrected chi connectivity index (χ4v) is 2.56. The molecule has 0 aliphatic rings. The summed E-state index contributed by atoms with van der Waals surface area (Å²) in [6, 6.07) is 21.6. The Hall–Kier alpha value is -2.65. The maximum Gasteiger partial charge on any atom is 0.121 e. The van der Waals surface area contributed by atoms with Gasteiger partial charge in [-0.2, -0.15) is 0 Å². The zero-order chi connectivity index (χ0) is 16.6. The van der Waals surface area contributed by atoms with Gasteiger partial charge in [-0.25, -0.2) is 0 Å². The van der Waals surface area contributed by atoms with E-state index >= 15 is 0 Å². The molecule has 0 saturated heterocycles.